The molecule has 0 radical (unpaired) electrons. The molecule has 0 aromatic heterocycles. The van der Waals surface area contributed by atoms with Gasteiger partial charge in [-0.05, 0) is 67.6 Å². The first-order valence-corrected chi connectivity index (χ1v) is 11.7. The van der Waals surface area contributed by atoms with E-state index in [1.807, 2.05) is 11.9 Å². The van der Waals surface area contributed by atoms with Gasteiger partial charge in [-0.15, -0.1) is 0 Å². The molecule has 1 amide bonds. The zero-order chi connectivity index (χ0) is 19.0. The third-order valence-electron chi connectivity index (χ3n) is 8.55. The second-order valence-corrected chi connectivity index (χ2v) is 10.0. The van der Waals surface area contributed by atoms with Crippen LogP contribution < -0.4 is 0 Å². The van der Waals surface area contributed by atoms with Gasteiger partial charge >= 0.3 is 0 Å². The van der Waals surface area contributed by atoms with Gasteiger partial charge in [-0.25, -0.2) is 0 Å². The Morgan fingerprint density at radius 3 is 2.56 bits per heavy atom. The van der Waals surface area contributed by atoms with Gasteiger partial charge in [0.2, 0.25) is 5.91 Å². The van der Waals surface area contributed by atoms with E-state index in [9.17, 15) is 9.90 Å². The molecule has 1 heterocycles. The number of nitrogens with zero attached hydrogens (tertiary/aromatic N) is 1. The number of carbonyl (C=O) groups excluding carboxylic acids is 1. The maximum absolute atomic E-state index is 12.3. The molecular weight excluding hydrogens is 334 g/mol. The molecule has 27 heavy (non-hydrogen) atoms. The summed E-state index contributed by atoms with van der Waals surface area (Å²) in [6.07, 6.45) is 16.9. The van der Waals surface area contributed by atoms with E-state index in [0.29, 0.717) is 35.5 Å². The molecule has 0 aromatic carbocycles. The number of allylic oxidation sites excluding steroid dienone is 2. The number of aliphatic hydroxyl groups excluding tert-OH is 1. The van der Waals surface area contributed by atoms with Crippen LogP contribution in [0.15, 0.2) is 11.8 Å². The molecule has 3 heteroatoms. The molecule has 1 saturated heterocycles. The van der Waals surface area contributed by atoms with Crippen LogP contribution in [0.1, 0.15) is 84.0 Å². The van der Waals surface area contributed by atoms with Crippen molar-refractivity contribution in [2.24, 2.45) is 35.5 Å². The molecule has 3 aliphatic carbocycles. The van der Waals surface area contributed by atoms with Crippen molar-refractivity contribution < 1.29 is 9.90 Å². The SMILES string of the molecule is C[C@H]1/C=C2\C(CCCC3CCCCCC4C(O)CCC4C31)CCC(=O)N2C. The van der Waals surface area contributed by atoms with E-state index in [4.69, 9.17) is 0 Å². The average molecular weight is 374 g/mol. The van der Waals surface area contributed by atoms with E-state index in [1.165, 1.54) is 63.5 Å². The third-order valence-corrected chi connectivity index (χ3v) is 8.55. The fourth-order valence-electron chi connectivity index (χ4n) is 7.20. The second-order valence-electron chi connectivity index (χ2n) is 10.0. The van der Waals surface area contributed by atoms with Crippen LogP contribution in [0.3, 0.4) is 0 Å². The number of hydrogen-bond acceptors (Lipinski definition) is 2. The summed E-state index contributed by atoms with van der Waals surface area (Å²) < 4.78 is 0. The Kier molecular flexibility index (Phi) is 5.97. The Balaban J connectivity index is 1.68. The van der Waals surface area contributed by atoms with Crippen LogP contribution in [-0.4, -0.2) is 29.1 Å². The standard InChI is InChI=1S/C24H39NO2/c1-16-15-21-17(11-14-23(27)25(21)2)8-6-9-18-7-4-3-5-10-19-20(24(16)18)12-13-22(19)26/h15-20,22,24,26H,3-14H2,1-2H3/b21-15+/t16-,17?,18?,19?,20?,22?,24?/m0/s1. The Labute approximate surface area is 165 Å². The van der Waals surface area contributed by atoms with Gasteiger partial charge in [-0.1, -0.05) is 51.5 Å². The van der Waals surface area contributed by atoms with Gasteiger partial charge in [0, 0.05) is 19.2 Å². The first kappa shape index (κ1) is 19.5. The lowest BCUT2D eigenvalue weighted by Gasteiger charge is -2.39. The van der Waals surface area contributed by atoms with Crippen LogP contribution >= 0.6 is 0 Å². The molecule has 0 aromatic rings. The van der Waals surface area contributed by atoms with Crippen LogP contribution in [0.2, 0.25) is 0 Å². The molecule has 152 valence electrons. The Bertz CT molecular complexity index is 571. The predicted octanol–water partition coefficient (Wildman–Crippen LogP) is 5.14. The van der Waals surface area contributed by atoms with Crippen molar-refractivity contribution in [1.82, 2.24) is 4.90 Å². The maximum atomic E-state index is 12.3. The van der Waals surface area contributed by atoms with Crippen LogP contribution in [0.5, 0.6) is 0 Å². The normalized spacial score (nSPS) is 45.6. The lowest BCUT2D eigenvalue weighted by molar-refractivity contribution is -0.130. The molecule has 2 saturated carbocycles. The highest BCUT2D eigenvalue weighted by Gasteiger charge is 2.44. The van der Waals surface area contributed by atoms with Crippen molar-refractivity contribution in [3.63, 3.8) is 0 Å². The molecular formula is C24H39NO2. The molecule has 1 aliphatic heterocycles. The fourth-order valence-corrected chi connectivity index (χ4v) is 7.20. The summed E-state index contributed by atoms with van der Waals surface area (Å²) in [6, 6.07) is 0. The average Bonchev–Trinajstić information content (AvgIpc) is 3.05. The quantitative estimate of drug-likeness (QED) is 0.638. The topological polar surface area (TPSA) is 40.5 Å². The van der Waals surface area contributed by atoms with E-state index >= 15 is 0 Å². The van der Waals surface area contributed by atoms with Crippen molar-refractivity contribution in [1.29, 1.82) is 0 Å². The summed E-state index contributed by atoms with van der Waals surface area (Å²) in [4.78, 5) is 14.3. The van der Waals surface area contributed by atoms with Crippen LogP contribution in [0, 0.1) is 35.5 Å². The lowest BCUT2D eigenvalue weighted by Crippen LogP contribution is -2.36. The van der Waals surface area contributed by atoms with Crippen molar-refractivity contribution in [3.05, 3.63) is 11.8 Å². The second kappa shape index (κ2) is 8.27. The van der Waals surface area contributed by atoms with E-state index in [2.05, 4.69) is 13.0 Å². The van der Waals surface area contributed by atoms with Gasteiger partial charge in [0.15, 0.2) is 0 Å². The number of piperidine rings is 1. The van der Waals surface area contributed by atoms with E-state index in [0.717, 1.165) is 25.2 Å². The van der Waals surface area contributed by atoms with Gasteiger partial charge < -0.3 is 10.0 Å². The first-order chi connectivity index (χ1) is 13.1. The number of hydrogen-bond donors (Lipinski definition) is 1. The van der Waals surface area contributed by atoms with Gasteiger partial charge in [-0.3, -0.25) is 4.79 Å². The summed E-state index contributed by atoms with van der Waals surface area (Å²) in [5.74, 6) is 4.05. The number of amides is 1. The highest BCUT2D eigenvalue weighted by molar-refractivity contribution is 5.79. The Morgan fingerprint density at radius 2 is 1.70 bits per heavy atom. The molecule has 6 unspecified atom stereocenters. The molecule has 0 bridgehead atoms. The Morgan fingerprint density at radius 1 is 0.926 bits per heavy atom. The minimum absolute atomic E-state index is 0.0760. The van der Waals surface area contributed by atoms with E-state index < -0.39 is 0 Å². The predicted molar refractivity (Wildman–Crippen MR) is 109 cm³/mol. The van der Waals surface area contributed by atoms with Gasteiger partial charge in [-0.2, -0.15) is 0 Å². The summed E-state index contributed by atoms with van der Waals surface area (Å²) in [5, 5.41) is 10.7. The summed E-state index contributed by atoms with van der Waals surface area (Å²) in [5.41, 5.74) is 1.31. The smallest absolute Gasteiger partial charge is 0.226 e. The minimum atomic E-state index is -0.0760. The number of rotatable bonds is 0. The van der Waals surface area contributed by atoms with E-state index in [1.54, 1.807) is 0 Å². The minimum Gasteiger partial charge on any atom is -0.393 e. The molecule has 3 fully saturated rings. The number of likely N-dealkylation sites (tertiary alicyclic amines) is 1. The molecule has 0 spiro atoms. The fraction of sp³-hybridized carbons (Fsp3) is 0.875. The summed E-state index contributed by atoms with van der Waals surface area (Å²) >= 11 is 0. The van der Waals surface area contributed by atoms with Crippen molar-refractivity contribution in [2.75, 3.05) is 7.05 Å². The monoisotopic (exact) mass is 373 g/mol. The Hall–Kier alpha value is -0.830. The van der Waals surface area contributed by atoms with Crippen LogP contribution in [0.4, 0.5) is 0 Å². The summed E-state index contributed by atoms with van der Waals surface area (Å²) in [6.45, 7) is 2.42. The lowest BCUT2D eigenvalue weighted by atomic mass is 9.67. The van der Waals surface area contributed by atoms with Crippen LogP contribution in [0.25, 0.3) is 0 Å². The van der Waals surface area contributed by atoms with Crippen molar-refractivity contribution >= 4 is 5.91 Å². The van der Waals surface area contributed by atoms with Gasteiger partial charge in [0.05, 0.1) is 6.10 Å². The zero-order valence-electron chi connectivity index (χ0n) is 17.4. The zero-order valence-corrected chi connectivity index (χ0v) is 17.4. The number of carbonyl (C=O) groups is 1. The highest BCUT2D eigenvalue weighted by atomic mass is 16.3. The molecule has 4 aliphatic rings. The number of aliphatic hydroxyl groups is 1. The van der Waals surface area contributed by atoms with Gasteiger partial charge in [0.25, 0.3) is 0 Å². The van der Waals surface area contributed by atoms with Crippen LogP contribution in [-0.2, 0) is 4.79 Å². The van der Waals surface area contributed by atoms with E-state index in [-0.39, 0.29) is 6.10 Å². The molecule has 1 N–H and O–H groups in total. The summed E-state index contributed by atoms with van der Waals surface area (Å²) in [7, 11) is 1.99. The largest absolute Gasteiger partial charge is 0.393 e. The molecule has 3 nitrogen and oxygen atoms in total. The van der Waals surface area contributed by atoms with Crippen molar-refractivity contribution in [3.8, 4) is 0 Å². The van der Waals surface area contributed by atoms with Gasteiger partial charge in [0.1, 0.15) is 0 Å². The molecule has 7 atom stereocenters. The number of fused-ring (bicyclic) bond motifs is 4. The van der Waals surface area contributed by atoms with Crippen molar-refractivity contribution in [2.45, 2.75) is 90.1 Å². The maximum Gasteiger partial charge on any atom is 0.226 e. The first-order valence-electron chi connectivity index (χ1n) is 11.7. The molecule has 4 rings (SSSR count). The third kappa shape index (κ3) is 3.86. The highest BCUT2D eigenvalue weighted by Crippen LogP contribution is 2.50.